The number of hydrogen-bond acceptors (Lipinski definition) is 3. The maximum atomic E-state index is 13.8. The van der Waals surface area contributed by atoms with Gasteiger partial charge in [-0.25, -0.2) is 8.78 Å². The second-order valence-corrected chi connectivity index (χ2v) is 7.08. The SMILES string of the molecule is CC=CCCC1CCC(C(=O)OC2CC(F)C(C#N)C(F)C2)CC1. The van der Waals surface area contributed by atoms with Crippen LogP contribution < -0.4 is 0 Å². The summed E-state index contributed by atoms with van der Waals surface area (Å²) in [5.74, 6) is -1.04. The molecule has 0 heterocycles. The van der Waals surface area contributed by atoms with Crippen LogP contribution in [0.4, 0.5) is 8.78 Å². The first-order valence-corrected chi connectivity index (χ1v) is 9.04. The Kier molecular flexibility index (Phi) is 7.20. The molecule has 0 saturated heterocycles. The zero-order valence-corrected chi connectivity index (χ0v) is 14.3. The van der Waals surface area contributed by atoms with E-state index in [9.17, 15) is 13.6 Å². The minimum absolute atomic E-state index is 0.0664. The molecule has 0 amide bonds. The Morgan fingerprint density at radius 2 is 1.83 bits per heavy atom. The van der Waals surface area contributed by atoms with Crippen LogP contribution in [0.15, 0.2) is 12.2 Å². The zero-order chi connectivity index (χ0) is 17.5. The number of ether oxygens (including phenoxy) is 1. The molecule has 2 atom stereocenters. The molecule has 0 aromatic carbocycles. The number of halogens is 2. The fourth-order valence-electron chi connectivity index (χ4n) is 3.82. The molecule has 0 aromatic rings. The third kappa shape index (κ3) is 5.03. The van der Waals surface area contributed by atoms with Crippen molar-refractivity contribution in [3.8, 4) is 6.07 Å². The largest absolute Gasteiger partial charge is 0.462 e. The summed E-state index contributed by atoms with van der Waals surface area (Å²) in [5.41, 5.74) is 0. The smallest absolute Gasteiger partial charge is 0.309 e. The van der Waals surface area contributed by atoms with Gasteiger partial charge in [-0.3, -0.25) is 4.79 Å². The number of allylic oxidation sites excluding steroid dienone is 2. The maximum absolute atomic E-state index is 13.8. The minimum atomic E-state index is -1.56. The van der Waals surface area contributed by atoms with E-state index in [0.717, 1.165) is 38.5 Å². The Morgan fingerprint density at radius 3 is 2.38 bits per heavy atom. The summed E-state index contributed by atoms with van der Waals surface area (Å²) in [6.07, 6.45) is 6.08. The van der Waals surface area contributed by atoms with Gasteiger partial charge in [0.15, 0.2) is 0 Å². The maximum Gasteiger partial charge on any atom is 0.309 e. The molecule has 3 nitrogen and oxygen atoms in total. The Balaban J connectivity index is 1.75. The Hall–Kier alpha value is -1.44. The molecule has 0 spiro atoms. The van der Waals surface area contributed by atoms with Crippen LogP contribution in [-0.4, -0.2) is 24.4 Å². The van der Waals surface area contributed by atoms with Crippen LogP contribution >= 0.6 is 0 Å². The third-order valence-corrected chi connectivity index (χ3v) is 5.34. The van der Waals surface area contributed by atoms with Crippen LogP contribution in [-0.2, 0) is 9.53 Å². The van der Waals surface area contributed by atoms with Gasteiger partial charge in [-0.15, -0.1) is 0 Å². The van der Waals surface area contributed by atoms with Crippen molar-refractivity contribution < 1.29 is 18.3 Å². The molecule has 2 rings (SSSR count). The van der Waals surface area contributed by atoms with Crippen LogP contribution in [0, 0.1) is 29.1 Å². The first kappa shape index (κ1) is 18.9. The van der Waals surface area contributed by atoms with Gasteiger partial charge in [0, 0.05) is 12.8 Å². The minimum Gasteiger partial charge on any atom is -0.462 e. The van der Waals surface area contributed by atoms with Gasteiger partial charge in [-0.2, -0.15) is 5.26 Å². The summed E-state index contributed by atoms with van der Waals surface area (Å²) in [7, 11) is 0. The fourth-order valence-corrected chi connectivity index (χ4v) is 3.82. The number of nitrogens with zero attached hydrogens (tertiary/aromatic N) is 1. The first-order valence-electron chi connectivity index (χ1n) is 9.04. The van der Waals surface area contributed by atoms with E-state index < -0.39 is 24.4 Å². The van der Waals surface area contributed by atoms with Crippen LogP contribution in [0.2, 0.25) is 0 Å². The van der Waals surface area contributed by atoms with Crippen molar-refractivity contribution in [1.82, 2.24) is 0 Å². The van der Waals surface area contributed by atoms with E-state index in [4.69, 9.17) is 10.00 Å². The van der Waals surface area contributed by atoms with Crippen molar-refractivity contribution in [3.63, 3.8) is 0 Å². The predicted molar refractivity (Wildman–Crippen MR) is 87.5 cm³/mol. The number of nitriles is 1. The van der Waals surface area contributed by atoms with Gasteiger partial charge >= 0.3 is 5.97 Å². The van der Waals surface area contributed by atoms with E-state index in [-0.39, 0.29) is 24.7 Å². The number of carbonyl (C=O) groups excluding carboxylic acids is 1. The van der Waals surface area contributed by atoms with Gasteiger partial charge in [0.05, 0.1) is 12.0 Å². The summed E-state index contributed by atoms with van der Waals surface area (Å²) in [5, 5.41) is 8.76. The highest BCUT2D eigenvalue weighted by Crippen LogP contribution is 2.35. The highest BCUT2D eigenvalue weighted by atomic mass is 19.1. The first-order chi connectivity index (χ1) is 11.5. The molecule has 0 N–H and O–H groups in total. The number of carbonyl (C=O) groups is 1. The van der Waals surface area contributed by atoms with E-state index in [1.165, 1.54) is 0 Å². The lowest BCUT2D eigenvalue weighted by atomic mass is 9.80. The predicted octanol–water partition coefficient (Wildman–Crippen LogP) is 4.67. The van der Waals surface area contributed by atoms with Gasteiger partial charge in [-0.05, 0) is 51.4 Å². The van der Waals surface area contributed by atoms with E-state index in [1.807, 2.05) is 6.92 Å². The molecule has 0 bridgehead atoms. The van der Waals surface area contributed by atoms with E-state index in [0.29, 0.717) is 5.92 Å². The topological polar surface area (TPSA) is 50.1 Å². The molecule has 2 aliphatic rings. The lowest BCUT2D eigenvalue weighted by molar-refractivity contribution is -0.160. The van der Waals surface area contributed by atoms with Crippen LogP contribution in [0.1, 0.15) is 58.3 Å². The lowest BCUT2D eigenvalue weighted by Gasteiger charge is -2.33. The monoisotopic (exact) mass is 339 g/mol. The zero-order valence-electron chi connectivity index (χ0n) is 14.3. The molecule has 0 radical (unpaired) electrons. The van der Waals surface area contributed by atoms with Gasteiger partial charge in [0.2, 0.25) is 0 Å². The number of alkyl halides is 2. The summed E-state index contributed by atoms with van der Waals surface area (Å²) < 4.78 is 32.9. The van der Waals surface area contributed by atoms with Crippen molar-refractivity contribution in [2.45, 2.75) is 76.7 Å². The number of esters is 1. The van der Waals surface area contributed by atoms with Crippen molar-refractivity contribution in [2.75, 3.05) is 0 Å². The third-order valence-electron chi connectivity index (χ3n) is 5.34. The molecule has 0 aliphatic heterocycles. The van der Waals surface area contributed by atoms with Gasteiger partial charge < -0.3 is 4.74 Å². The molecular formula is C19H27F2NO2. The van der Waals surface area contributed by atoms with Crippen LogP contribution in [0.25, 0.3) is 0 Å². The Morgan fingerprint density at radius 1 is 1.21 bits per heavy atom. The molecule has 2 saturated carbocycles. The molecule has 2 unspecified atom stereocenters. The number of hydrogen-bond donors (Lipinski definition) is 0. The summed E-state index contributed by atoms with van der Waals surface area (Å²) in [4.78, 5) is 12.3. The van der Waals surface area contributed by atoms with Crippen molar-refractivity contribution in [3.05, 3.63) is 12.2 Å². The Labute approximate surface area is 143 Å². The molecule has 5 heteroatoms. The molecule has 2 fully saturated rings. The normalized spacial score (nSPS) is 37.1. The quantitative estimate of drug-likeness (QED) is 0.540. The summed E-state index contributed by atoms with van der Waals surface area (Å²) in [6.45, 7) is 2.01. The standard InChI is InChI=1S/C19H27F2NO2/c1-2-3-4-5-13-6-8-14(9-7-13)19(23)24-15-10-17(20)16(12-22)18(21)11-15/h2-3,13-18H,4-11H2,1H3. The van der Waals surface area contributed by atoms with E-state index >= 15 is 0 Å². The Bertz CT molecular complexity index is 468. The summed E-state index contributed by atoms with van der Waals surface area (Å²) in [6, 6.07) is 1.67. The van der Waals surface area contributed by atoms with Gasteiger partial charge in [0.1, 0.15) is 24.4 Å². The van der Waals surface area contributed by atoms with Gasteiger partial charge in [-0.1, -0.05) is 12.2 Å². The van der Waals surface area contributed by atoms with Crippen LogP contribution in [0.5, 0.6) is 0 Å². The molecule has 24 heavy (non-hydrogen) atoms. The highest BCUT2D eigenvalue weighted by molar-refractivity contribution is 5.72. The molecule has 134 valence electrons. The van der Waals surface area contributed by atoms with Crippen molar-refractivity contribution in [1.29, 1.82) is 5.26 Å². The number of rotatable bonds is 5. The second-order valence-electron chi connectivity index (χ2n) is 7.08. The molecular weight excluding hydrogens is 312 g/mol. The van der Waals surface area contributed by atoms with E-state index in [1.54, 1.807) is 6.07 Å². The highest BCUT2D eigenvalue weighted by Gasteiger charge is 2.41. The molecule has 0 aromatic heterocycles. The van der Waals surface area contributed by atoms with E-state index in [2.05, 4.69) is 12.2 Å². The summed E-state index contributed by atoms with van der Waals surface area (Å²) >= 11 is 0. The average Bonchev–Trinajstić information content (AvgIpc) is 2.55. The second kappa shape index (κ2) is 9.15. The van der Waals surface area contributed by atoms with Gasteiger partial charge in [0.25, 0.3) is 0 Å². The molecule has 2 aliphatic carbocycles. The fraction of sp³-hybridized carbons (Fsp3) is 0.789. The average molecular weight is 339 g/mol. The van der Waals surface area contributed by atoms with Crippen LogP contribution in [0.3, 0.4) is 0 Å². The lowest BCUT2D eigenvalue weighted by Crippen LogP contribution is -2.40. The van der Waals surface area contributed by atoms with Crippen molar-refractivity contribution >= 4 is 5.97 Å². The van der Waals surface area contributed by atoms with Crippen molar-refractivity contribution in [2.24, 2.45) is 17.8 Å².